The third kappa shape index (κ3) is 5.06. The maximum atomic E-state index is 12.5. The van der Waals surface area contributed by atoms with Crippen LogP contribution in [-0.2, 0) is 5.54 Å². The Hall–Kier alpha value is -1.36. The third-order valence-corrected chi connectivity index (χ3v) is 5.30. The predicted molar refractivity (Wildman–Crippen MR) is 101 cm³/mol. The van der Waals surface area contributed by atoms with Gasteiger partial charge in [0.15, 0.2) is 0 Å². The molecular weight excluding hydrogens is 312 g/mol. The number of hydrogen-bond donors (Lipinski definition) is 2. The molecule has 140 valence electrons. The monoisotopic (exact) mass is 346 g/mol. The van der Waals surface area contributed by atoms with Gasteiger partial charge in [0.05, 0.1) is 5.54 Å². The fourth-order valence-corrected chi connectivity index (χ4v) is 3.74. The average molecular weight is 347 g/mol. The average Bonchev–Trinajstić information content (AvgIpc) is 3.34. The van der Waals surface area contributed by atoms with Crippen molar-refractivity contribution in [3.63, 3.8) is 0 Å². The van der Waals surface area contributed by atoms with Gasteiger partial charge in [0.25, 0.3) is 5.91 Å². The normalized spacial score (nSPS) is 19.6. The zero-order valence-corrected chi connectivity index (χ0v) is 16.1. The van der Waals surface area contributed by atoms with Gasteiger partial charge < -0.3 is 10.6 Å². The van der Waals surface area contributed by atoms with E-state index in [0.717, 1.165) is 6.54 Å². The smallest absolute Gasteiger partial charge is 0.271 e. The van der Waals surface area contributed by atoms with Crippen LogP contribution in [0.15, 0.2) is 6.07 Å². The molecule has 0 bridgehead atoms. The maximum absolute atomic E-state index is 12.5. The van der Waals surface area contributed by atoms with Crippen molar-refractivity contribution >= 4 is 5.91 Å². The van der Waals surface area contributed by atoms with E-state index in [0.29, 0.717) is 24.2 Å². The Kier molecular flexibility index (Phi) is 5.82. The summed E-state index contributed by atoms with van der Waals surface area (Å²) in [6.07, 6.45) is 10.4. The molecule has 25 heavy (non-hydrogen) atoms. The quantitative estimate of drug-likeness (QED) is 0.612. The van der Waals surface area contributed by atoms with Gasteiger partial charge in [-0.2, -0.15) is 5.10 Å². The summed E-state index contributed by atoms with van der Waals surface area (Å²) in [7, 11) is 0. The Morgan fingerprint density at radius 2 is 1.80 bits per heavy atom. The second-order valence-electron chi connectivity index (χ2n) is 8.71. The van der Waals surface area contributed by atoms with E-state index in [1.165, 1.54) is 57.1 Å². The topological polar surface area (TPSA) is 59.0 Å². The van der Waals surface area contributed by atoms with E-state index in [2.05, 4.69) is 36.5 Å². The highest BCUT2D eigenvalue weighted by Gasteiger charge is 2.32. The van der Waals surface area contributed by atoms with Crippen LogP contribution in [0.5, 0.6) is 0 Å². The molecule has 0 radical (unpaired) electrons. The zero-order valence-electron chi connectivity index (χ0n) is 16.1. The summed E-state index contributed by atoms with van der Waals surface area (Å²) in [4.78, 5) is 12.5. The first-order valence-corrected chi connectivity index (χ1v) is 10.1. The van der Waals surface area contributed by atoms with Crippen LogP contribution in [0.25, 0.3) is 0 Å². The van der Waals surface area contributed by atoms with Crippen LogP contribution >= 0.6 is 0 Å². The molecule has 0 aromatic carbocycles. The highest BCUT2D eigenvalue weighted by atomic mass is 16.1. The van der Waals surface area contributed by atoms with E-state index < -0.39 is 0 Å². The van der Waals surface area contributed by atoms with Crippen molar-refractivity contribution in [2.45, 2.75) is 89.6 Å². The lowest BCUT2D eigenvalue weighted by Gasteiger charge is -2.22. The van der Waals surface area contributed by atoms with Crippen molar-refractivity contribution in [3.8, 4) is 0 Å². The van der Waals surface area contributed by atoms with Crippen molar-refractivity contribution in [2.24, 2.45) is 0 Å². The maximum Gasteiger partial charge on any atom is 0.271 e. The molecule has 0 spiro atoms. The lowest BCUT2D eigenvalue weighted by Crippen LogP contribution is -2.37. The predicted octanol–water partition coefficient (Wildman–Crippen LogP) is 3.56. The minimum absolute atomic E-state index is 0.0485. The van der Waals surface area contributed by atoms with Crippen molar-refractivity contribution in [3.05, 3.63) is 17.5 Å². The van der Waals surface area contributed by atoms with Crippen molar-refractivity contribution in [1.29, 1.82) is 0 Å². The summed E-state index contributed by atoms with van der Waals surface area (Å²) in [6.45, 7) is 7.93. The van der Waals surface area contributed by atoms with Gasteiger partial charge in [0.2, 0.25) is 0 Å². The molecule has 3 rings (SSSR count). The van der Waals surface area contributed by atoms with Crippen LogP contribution < -0.4 is 10.6 Å². The molecule has 0 aliphatic heterocycles. The first-order chi connectivity index (χ1) is 11.9. The molecule has 2 aliphatic rings. The first kappa shape index (κ1) is 18.4. The molecule has 2 N–H and O–H groups in total. The summed E-state index contributed by atoms with van der Waals surface area (Å²) in [5.74, 6) is 0.540. The molecule has 0 unspecified atom stereocenters. The van der Waals surface area contributed by atoms with Crippen molar-refractivity contribution in [1.82, 2.24) is 20.4 Å². The van der Waals surface area contributed by atoms with Crippen molar-refractivity contribution in [2.75, 3.05) is 13.1 Å². The molecule has 0 atom stereocenters. The number of nitrogens with zero attached hydrogens (tertiary/aromatic N) is 2. The molecular formula is C20H34N4O. The van der Waals surface area contributed by atoms with Crippen LogP contribution in [0.3, 0.4) is 0 Å². The Labute approximate surface area is 151 Å². The summed E-state index contributed by atoms with van der Waals surface area (Å²) in [6, 6.07) is 2.62. The highest BCUT2D eigenvalue weighted by molar-refractivity contribution is 5.92. The largest absolute Gasteiger partial charge is 0.349 e. The van der Waals surface area contributed by atoms with E-state index in [9.17, 15) is 4.79 Å². The number of rotatable bonds is 6. The number of hydrogen-bond acceptors (Lipinski definition) is 3. The Bertz CT molecular complexity index is 575. The van der Waals surface area contributed by atoms with Gasteiger partial charge in [-0.15, -0.1) is 0 Å². The third-order valence-electron chi connectivity index (χ3n) is 5.30. The zero-order chi connectivity index (χ0) is 17.9. The Balaban J connectivity index is 1.49. The Morgan fingerprint density at radius 1 is 1.12 bits per heavy atom. The van der Waals surface area contributed by atoms with Crippen LogP contribution in [0.1, 0.15) is 94.2 Å². The van der Waals surface area contributed by atoms with Crippen molar-refractivity contribution < 1.29 is 4.79 Å². The summed E-state index contributed by atoms with van der Waals surface area (Å²) in [5.41, 5.74) is 1.69. The number of amides is 1. The van der Waals surface area contributed by atoms with Crippen LogP contribution in [0, 0.1) is 0 Å². The Morgan fingerprint density at radius 3 is 2.40 bits per heavy atom. The van der Waals surface area contributed by atoms with E-state index in [1.807, 2.05) is 10.7 Å². The molecule has 5 nitrogen and oxygen atoms in total. The van der Waals surface area contributed by atoms with Gasteiger partial charge >= 0.3 is 0 Å². The lowest BCUT2D eigenvalue weighted by atomic mass is 10.1. The molecule has 1 heterocycles. The molecule has 1 amide bonds. The summed E-state index contributed by atoms with van der Waals surface area (Å²) < 4.78 is 2.04. The van der Waals surface area contributed by atoms with Gasteiger partial charge in [-0.3, -0.25) is 9.48 Å². The van der Waals surface area contributed by atoms with Crippen LogP contribution in [0.2, 0.25) is 0 Å². The molecule has 1 aromatic heterocycles. The molecule has 2 aliphatic carbocycles. The van der Waals surface area contributed by atoms with Crippen LogP contribution in [-0.4, -0.2) is 34.8 Å². The highest BCUT2D eigenvalue weighted by Crippen LogP contribution is 2.41. The standard InChI is InChI=1S/C20H34N4O/c1-20(2,3)24-18(15-10-11-15)14-17(23-24)19(25)22-13-12-21-16-8-6-4-5-7-9-16/h14-16,21H,4-13H2,1-3H3,(H,22,25). The number of aromatic nitrogens is 2. The number of carbonyl (C=O) groups excluding carboxylic acids is 1. The summed E-state index contributed by atoms with van der Waals surface area (Å²) >= 11 is 0. The van der Waals surface area contributed by atoms with Crippen LogP contribution in [0.4, 0.5) is 0 Å². The number of nitrogens with one attached hydrogen (secondary N) is 2. The SMILES string of the molecule is CC(C)(C)n1nc(C(=O)NCCNC2CCCCCC2)cc1C1CC1. The van der Waals surface area contributed by atoms with E-state index in [1.54, 1.807) is 0 Å². The van der Waals surface area contributed by atoms with Gasteiger partial charge in [0.1, 0.15) is 5.69 Å². The fourth-order valence-electron chi connectivity index (χ4n) is 3.74. The van der Waals surface area contributed by atoms with E-state index >= 15 is 0 Å². The van der Waals surface area contributed by atoms with Gasteiger partial charge in [-0.1, -0.05) is 25.7 Å². The van der Waals surface area contributed by atoms with E-state index in [-0.39, 0.29) is 11.4 Å². The van der Waals surface area contributed by atoms with Gasteiger partial charge in [0, 0.05) is 30.7 Å². The lowest BCUT2D eigenvalue weighted by molar-refractivity contribution is 0.0947. The number of carbonyl (C=O) groups is 1. The minimum atomic E-state index is -0.0858. The second-order valence-corrected chi connectivity index (χ2v) is 8.71. The molecule has 0 saturated heterocycles. The van der Waals surface area contributed by atoms with Gasteiger partial charge in [-0.05, 0) is 52.5 Å². The molecule has 2 saturated carbocycles. The first-order valence-electron chi connectivity index (χ1n) is 10.1. The molecule has 1 aromatic rings. The molecule has 2 fully saturated rings. The van der Waals surface area contributed by atoms with Gasteiger partial charge in [-0.25, -0.2) is 0 Å². The summed E-state index contributed by atoms with van der Waals surface area (Å²) in [5, 5.41) is 11.2. The minimum Gasteiger partial charge on any atom is -0.349 e. The fraction of sp³-hybridized carbons (Fsp3) is 0.800. The molecule has 5 heteroatoms. The van der Waals surface area contributed by atoms with E-state index in [4.69, 9.17) is 0 Å². The second kappa shape index (κ2) is 7.90.